The van der Waals surface area contributed by atoms with E-state index in [9.17, 15) is 4.79 Å². The van der Waals surface area contributed by atoms with Gasteiger partial charge in [0.25, 0.3) is 0 Å². The number of nitrogens with two attached hydrogens (primary N) is 1. The summed E-state index contributed by atoms with van der Waals surface area (Å²) in [7, 11) is 0. The molecule has 0 bridgehead atoms. The molecular weight excluding hydrogens is 216 g/mol. The molecule has 2 N–H and O–H groups in total. The molecule has 3 rings (SSSR count). The van der Waals surface area contributed by atoms with E-state index in [0.29, 0.717) is 11.9 Å². The summed E-state index contributed by atoms with van der Waals surface area (Å²) in [4.78, 5) is 21.6. The minimum atomic E-state index is -0.219. The van der Waals surface area contributed by atoms with Crippen LogP contribution < -0.4 is 5.73 Å². The van der Waals surface area contributed by atoms with E-state index >= 15 is 0 Å². The number of amides is 2. The molecule has 0 saturated heterocycles. The third-order valence-corrected chi connectivity index (χ3v) is 3.32. The van der Waals surface area contributed by atoms with Gasteiger partial charge in [0.1, 0.15) is 11.9 Å². The quantitative estimate of drug-likeness (QED) is 0.834. The van der Waals surface area contributed by atoms with Crippen LogP contribution >= 0.6 is 0 Å². The van der Waals surface area contributed by atoms with Crippen LogP contribution in [0.1, 0.15) is 30.0 Å². The maximum Gasteiger partial charge on any atom is 0.346 e. The van der Waals surface area contributed by atoms with Crippen molar-refractivity contribution in [3.8, 4) is 0 Å². The molecule has 1 aromatic heterocycles. The minimum Gasteiger partial charge on any atom is -0.385 e. The Hall–Kier alpha value is -1.91. The van der Waals surface area contributed by atoms with Crippen molar-refractivity contribution in [1.82, 2.24) is 9.88 Å². The molecule has 0 radical (unpaired) electrons. The second-order valence-electron chi connectivity index (χ2n) is 4.59. The van der Waals surface area contributed by atoms with Gasteiger partial charge in [0.2, 0.25) is 0 Å². The average Bonchev–Trinajstić information content (AvgIpc) is 3.06. The lowest BCUT2D eigenvalue weighted by atomic mass is 10.0. The Morgan fingerprint density at radius 3 is 2.88 bits per heavy atom. The van der Waals surface area contributed by atoms with Crippen molar-refractivity contribution in [3.05, 3.63) is 29.6 Å². The molecule has 1 unspecified atom stereocenters. The number of aryl methyl sites for hydroxylation is 1. The van der Waals surface area contributed by atoms with Gasteiger partial charge in [-0.05, 0) is 31.4 Å². The van der Waals surface area contributed by atoms with E-state index in [0.717, 1.165) is 24.0 Å². The molecule has 2 aliphatic rings. The Kier molecular flexibility index (Phi) is 2.14. The van der Waals surface area contributed by atoms with Gasteiger partial charge in [0.15, 0.2) is 0 Å². The number of aromatic nitrogens is 1. The SMILES string of the molecule is Cc1ccncc1C1C(N)=NC(=O)N1C1CC1. The molecule has 17 heavy (non-hydrogen) atoms. The predicted molar refractivity (Wildman–Crippen MR) is 63.6 cm³/mol. The number of amidine groups is 1. The molecule has 1 aromatic rings. The van der Waals surface area contributed by atoms with E-state index in [1.165, 1.54) is 0 Å². The normalized spacial score (nSPS) is 24.1. The summed E-state index contributed by atoms with van der Waals surface area (Å²) in [6.45, 7) is 2.00. The summed E-state index contributed by atoms with van der Waals surface area (Å²) in [6, 6.07) is 1.80. The summed E-state index contributed by atoms with van der Waals surface area (Å²) in [6.07, 6.45) is 5.61. The number of aliphatic imine (C=N–C) groups is 1. The first-order valence-electron chi connectivity index (χ1n) is 5.75. The molecule has 5 heteroatoms. The molecular formula is C12H14N4O. The maximum absolute atomic E-state index is 11.8. The Bertz CT molecular complexity index is 507. The van der Waals surface area contributed by atoms with E-state index < -0.39 is 0 Å². The highest BCUT2D eigenvalue weighted by Crippen LogP contribution is 2.38. The fourth-order valence-corrected chi connectivity index (χ4v) is 2.27. The third-order valence-electron chi connectivity index (χ3n) is 3.32. The highest BCUT2D eigenvalue weighted by molar-refractivity contribution is 6.03. The number of hydrogen-bond acceptors (Lipinski definition) is 3. The zero-order valence-electron chi connectivity index (χ0n) is 9.63. The van der Waals surface area contributed by atoms with Crippen LogP contribution in [0.4, 0.5) is 4.79 Å². The molecule has 0 aromatic carbocycles. The number of urea groups is 1. The van der Waals surface area contributed by atoms with Gasteiger partial charge in [-0.15, -0.1) is 0 Å². The summed E-state index contributed by atoms with van der Waals surface area (Å²) in [5, 5.41) is 0. The first-order chi connectivity index (χ1) is 8.18. The van der Waals surface area contributed by atoms with E-state index in [1.807, 2.05) is 13.0 Å². The fourth-order valence-electron chi connectivity index (χ4n) is 2.27. The van der Waals surface area contributed by atoms with Crippen molar-refractivity contribution in [2.24, 2.45) is 10.7 Å². The summed E-state index contributed by atoms with van der Waals surface area (Å²) in [5.74, 6) is 0.387. The van der Waals surface area contributed by atoms with Crippen molar-refractivity contribution < 1.29 is 4.79 Å². The van der Waals surface area contributed by atoms with Gasteiger partial charge < -0.3 is 10.6 Å². The minimum absolute atomic E-state index is 0.210. The first-order valence-corrected chi connectivity index (χ1v) is 5.75. The Morgan fingerprint density at radius 2 is 2.24 bits per heavy atom. The average molecular weight is 230 g/mol. The smallest absolute Gasteiger partial charge is 0.346 e. The van der Waals surface area contributed by atoms with Crippen molar-refractivity contribution in [3.63, 3.8) is 0 Å². The molecule has 0 spiro atoms. The second kappa shape index (κ2) is 3.55. The monoisotopic (exact) mass is 230 g/mol. The van der Waals surface area contributed by atoms with Crippen LogP contribution in [0.3, 0.4) is 0 Å². The van der Waals surface area contributed by atoms with Gasteiger partial charge in [-0.2, -0.15) is 4.99 Å². The molecule has 1 atom stereocenters. The lowest BCUT2D eigenvalue weighted by Gasteiger charge is -2.25. The van der Waals surface area contributed by atoms with Gasteiger partial charge in [-0.3, -0.25) is 4.98 Å². The van der Waals surface area contributed by atoms with E-state index in [-0.39, 0.29) is 12.1 Å². The summed E-state index contributed by atoms with van der Waals surface area (Å²) in [5.41, 5.74) is 7.95. The highest BCUT2D eigenvalue weighted by Gasteiger charge is 2.44. The van der Waals surface area contributed by atoms with Crippen LogP contribution in [-0.4, -0.2) is 27.8 Å². The van der Waals surface area contributed by atoms with Gasteiger partial charge >= 0.3 is 6.03 Å². The summed E-state index contributed by atoms with van der Waals surface area (Å²) < 4.78 is 0. The van der Waals surface area contributed by atoms with Crippen molar-refractivity contribution in [2.75, 3.05) is 0 Å². The van der Waals surface area contributed by atoms with E-state index in [2.05, 4.69) is 9.98 Å². The van der Waals surface area contributed by atoms with Gasteiger partial charge in [-0.25, -0.2) is 4.79 Å². The zero-order chi connectivity index (χ0) is 12.0. The Labute approximate surface area is 99.4 Å². The zero-order valence-corrected chi connectivity index (χ0v) is 9.63. The summed E-state index contributed by atoms with van der Waals surface area (Å²) >= 11 is 0. The van der Waals surface area contributed by atoms with E-state index in [1.54, 1.807) is 17.3 Å². The topological polar surface area (TPSA) is 71.6 Å². The number of hydrogen-bond donors (Lipinski definition) is 1. The molecule has 5 nitrogen and oxygen atoms in total. The third kappa shape index (κ3) is 1.58. The molecule has 1 saturated carbocycles. The standard InChI is InChI=1S/C12H14N4O/c1-7-4-5-14-6-9(7)10-11(13)15-12(17)16(10)8-2-3-8/h4-6,8,10H,2-3H2,1H3,(H2,13,15,17). The van der Waals surface area contributed by atoms with Crippen molar-refractivity contribution in [1.29, 1.82) is 0 Å². The predicted octanol–water partition coefficient (Wildman–Crippen LogP) is 1.39. The number of nitrogens with zero attached hydrogens (tertiary/aromatic N) is 3. The second-order valence-corrected chi connectivity index (χ2v) is 4.59. The maximum atomic E-state index is 11.8. The van der Waals surface area contributed by atoms with Gasteiger partial charge in [-0.1, -0.05) is 0 Å². The largest absolute Gasteiger partial charge is 0.385 e. The molecule has 88 valence electrons. The molecule has 2 amide bonds. The van der Waals surface area contributed by atoms with Crippen LogP contribution in [0.25, 0.3) is 0 Å². The van der Waals surface area contributed by atoms with Crippen molar-refractivity contribution in [2.45, 2.75) is 31.8 Å². The van der Waals surface area contributed by atoms with E-state index in [4.69, 9.17) is 5.73 Å². The molecule has 1 aliphatic carbocycles. The molecule has 1 aliphatic heterocycles. The first kappa shape index (κ1) is 10.3. The van der Waals surface area contributed by atoms with Crippen LogP contribution in [0.15, 0.2) is 23.5 Å². The van der Waals surface area contributed by atoms with Crippen LogP contribution in [0, 0.1) is 6.92 Å². The number of pyridine rings is 1. The van der Waals surface area contributed by atoms with Crippen molar-refractivity contribution >= 4 is 11.9 Å². The number of carbonyl (C=O) groups is 1. The van der Waals surface area contributed by atoms with Crippen LogP contribution in [-0.2, 0) is 0 Å². The van der Waals surface area contributed by atoms with Crippen LogP contribution in [0.5, 0.6) is 0 Å². The highest BCUT2D eigenvalue weighted by atomic mass is 16.2. The fraction of sp³-hybridized carbons (Fsp3) is 0.417. The number of rotatable bonds is 2. The molecule has 2 heterocycles. The lowest BCUT2D eigenvalue weighted by molar-refractivity contribution is 0.203. The van der Waals surface area contributed by atoms with Gasteiger partial charge in [0, 0.05) is 24.0 Å². The van der Waals surface area contributed by atoms with Crippen LogP contribution in [0.2, 0.25) is 0 Å². The lowest BCUT2D eigenvalue weighted by Crippen LogP contribution is -2.35. The van der Waals surface area contributed by atoms with Gasteiger partial charge in [0.05, 0.1) is 0 Å². The Balaban J connectivity index is 2.03. The number of carbonyl (C=O) groups excluding carboxylic acids is 1. The molecule has 1 fully saturated rings. The Morgan fingerprint density at radius 1 is 1.47 bits per heavy atom.